The molecule has 0 saturated heterocycles. The van der Waals surface area contributed by atoms with Crippen LogP contribution in [0.25, 0.3) is 0 Å². The number of imidazole rings is 1. The van der Waals surface area contributed by atoms with Crippen LogP contribution in [0.1, 0.15) is 58.2 Å². The molecule has 29 heavy (non-hydrogen) atoms. The normalized spacial score (nSPS) is 34.9. The molecule has 2 aromatic rings. The first-order valence-electron chi connectivity index (χ1n) is 10.8. The lowest BCUT2D eigenvalue weighted by molar-refractivity contribution is -0.165. The minimum absolute atomic E-state index is 0.184. The number of rotatable bonds is 5. The molecule has 4 saturated carbocycles. The number of nitrogens with one attached hydrogen (secondary N) is 1. The number of amides is 1. The Morgan fingerprint density at radius 1 is 1.14 bits per heavy atom. The molecule has 4 fully saturated rings. The van der Waals surface area contributed by atoms with Gasteiger partial charge in [0.15, 0.2) is 0 Å². The molecular formula is C24H31N3O2. The van der Waals surface area contributed by atoms with Crippen LogP contribution < -0.4 is 10.1 Å². The molecule has 2 atom stereocenters. The molecule has 4 aliphatic carbocycles. The number of hydrogen-bond donors (Lipinski definition) is 1. The Morgan fingerprint density at radius 3 is 2.41 bits per heavy atom. The molecule has 5 nitrogen and oxygen atoms in total. The predicted octanol–water partition coefficient (Wildman–Crippen LogP) is 4.93. The van der Waals surface area contributed by atoms with E-state index < -0.39 is 0 Å². The fraction of sp³-hybridized carbons (Fsp3) is 0.583. The Morgan fingerprint density at radius 2 is 1.83 bits per heavy atom. The molecule has 6 rings (SSSR count). The number of ether oxygens (including phenoxy) is 1. The summed E-state index contributed by atoms with van der Waals surface area (Å²) < 4.78 is 7.77. The van der Waals surface area contributed by atoms with E-state index in [0.29, 0.717) is 23.4 Å². The molecule has 1 N–H and O–H groups in total. The van der Waals surface area contributed by atoms with Crippen molar-refractivity contribution in [2.45, 2.75) is 59.0 Å². The average Bonchev–Trinajstić information content (AvgIpc) is 3.03. The second-order valence-corrected chi connectivity index (χ2v) is 10.6. The number of nitrogens with zero attached hydrogens (tertiary/aromatic N) is 2. The van der Waals surface area contributed by atoms with E-state index in [4.69, 9.17) is 4.74 Å². The summed E-state index contributed by atoms with van der Waals surface area (Å²) in [5.41, 5.74) is 1.35. The molecule has 1 aromatic heterocycles. The van der Waals surface area contributed by atoms with Gasteiger partial charge in [0.1, 0.15) is 18.2 Å². The largest absolute Gasteiger partial charge is 0.486 e. The van der Waals surface area contributed by atoms with Crippen molar-refractivity contribution in [3.8, 4) is 5.75 Å². The topological polar surface area (TPSA) is 56.1 Å². The molecule has 1 amide bonds. The zero-order valence-corrected chi connectivity index (χ0v) is 17.7. The highest BCUT2D eigenvalue weighted by Crippen LogP contribution is 2.69. The Hall–Kier alpha value is -2.30. The second kappa shape index (κ2) is 6.35. The summed E-state index contributed by atoms with van der Waals surface area (Å²) in [4.78, 5) is 17.7. The minimum atomic E-state index is -0.184. The van der Waals surface area contributed by atoms with Gasteiger partial charge in [0.2, 0.25) is 5.91 Å². The number of aryl methyl sites for hydroxylation is 1. The standard InChI is InChI=1S/C24H31N3O2/c1-22-10-17-11-23(2,14-22)16-24(12-17,15-22)21(28)26-18-4-6-19(7-5-18)29-13-20-25-8-9-27(20)3/h4-9,17H,10-16H2,1-3H3,(H,26,28). The lowest BCUT2D eigenvalue weighted by Gasteiger charge is -2.64. The predicted molar refractivity (Wildman–Crippen MR) is 112 cm³/mol. The van der Waals surface area contributed by atoms with Gasteiger partial charge in [-0.2, -0.15) is 0 Å². The molecule has 2 unspecified atom stereocenters. The van der Waals surface area contributed by atoms with Crippen LogP contribution >= 0.6 is 0 Å². The maximum atomic E-state index is 13.4. The van der Waals surface area contributed by atoms with Gasteiger partial charge in [0, 0.05) is 25.1 Å². The van der Waals surface area contributed by atoms with Crippen LogP contribution in [0.4, 0.5) is 5.69 Å². The molecular weight excluding hydrogens is 362 g/mol. The van der Waals surface area contributed by atoms with Crippen LogP contribution in [-0.4, -0.2) is 15.5 Å². The Kier molecular flexibility index (Phi) is 4.10. The van der Waals surface area contributed by atoms with Gasteiger partial charge in [-0.15, -0.1) is 0 Å². The molecule has 1 heterocycles. The first kappa shape index (κ1) is 18.7. The summed E-state index contributed by atoms with van der Waals surface area (Å²) in [6, 6.07) is 7.72. The van der Waals surface area contributed by atoms with Gasteiger partial charge in [-0.25, -0.2) is 4.98 Å². The summed E-state index contributed by atoms with van der Waals surface area (Å²) >= 11 is 0. The van der Waals surface area contributed by atoms with Crippen molar-refractivity contribution in [2.75, 3.05) is 5.32 Å². The average molecular weight is 394 g/mol. The van der Waals surface area contributed by atoms with Crippen molar-refractivity contribution in [3.05, 3.63) is 42.5 Å². The fourth-order valence-electron chi connectivity index (χ4n) is 7.28. The van der Waals surface area contributed by atoms with Gasteiger partial charge in [-0.3, -0.25) is 4.79 Å². The van der Waals surface area contributed by atoms with Crippen molar-refractivity contribution < 1.29 is 9.53 Å². The highest BCUT2D eigenvalue weighted by atomic mass is 16.5. The van der Waals surface area contributed by atoms with Crippen LogP contribution in [0.3, 0.4) is 0 Å². The van der Waals surface area contributed by atoms with Crippen LogP contribution in [0.5, 0.6) is 5.75 Å². The van der Waals surface area contributed by atoms with Gasteiger partial charge in [-0.05, 0) is 79.5 Å². The number of benzene rings is 1. The second-order valence-electron chi connectivity index (χ2n) is 10.6. The third kappa shape index (κ3) is 3.34. The lowest BCUT2D eigenvalue weighted by atomic mass is 9.40. The van der Waals surface area contributed by atoms with Gasteiger partial charge < -0.3 is 14.6 Å². The quantitative estimate of drug-likeness (QED) is 0.783. The molecule has 4 aliphatic rings. The first-order valence-corrected chi connectivity index (χ1v) is 10.8. The first-order chi connectivity index (χ1) is 13.8. The summed E-state index contributed by atoms with van der Waals surface area (Å²) in [6.45, 7) is 5.24. The third-order valence-corrected chi connectivity index (χ3v) is 7.51. The maximum absolute atomic E-state index is 13.4. The molecule has 5 heteroatoms. The third-order valence-electron chi connectivity index (χ3n) is 7.51. The number of carbonyl (C=O) groups is 1. The van der Waals surface area contributed by atoms with E-state index in [2.05, 4.69) is 24.1 Å². The van der Waals surface area contributed by atoms with E-state index in [-0.39, 0.29) is 11.3 Å². The zero-order chi connectivity index (χ0) is 20.3. The van der Waals surface area contributed by atoms with E-state index >= 15 is 0 Å². The van der Waals surface area contributed by atoms with E-state index in [1.54, 1.807) is 6.20 Å². The molecule has 0 aliphatic heterocycles. The molecule has 4 bridgehead atoms. The Balaban J connectivity index is 1.26. The number of hydrogen-bond acceptors (Lipinski definition) is 3. The van der Waals surface area contributed by atoms with Gasteiger partial charge in [-0.1, -0.05) is 13.8 Å². The number of carbonyl (C=O) groups excluding carboxylic acids is 1. The molecule has 0 radical (unpaired) electrons. The Bertz CT molecular complexity index is 914. The summed E-state index contributed by atoms with van der Waals surface area (Å²) in [6.07, 6.45) is 10.7. The van der Waals surface area contributed by atoms with E-state index in [0.717, 1.165) is 36.5 Å². The van der Waals surface area contributed by atoms with Crippen LogP contribution in [0, 0.1) is 22.2 Å². The minimum Gasteiger partial charge on any atom is -0.486 e. The monoisotopic (exact) mass is 393 g/mol. The molecule has 154 valence electrons. The van der Waals surface area contributed by atoms with E-state index in [1.165, 1.54) is 19.3 Å². The Labute approximate surface area is 172 Å². The summed E-state index contributed by atoms with van der Waals surface area (Å²) in [5, 5.41) is 3.23. The maximum Gasteiger partial charge on any atom is 0.230 e. The van der Waals surface area contributed by atoms with Gasteiger partial charge in [0.05, 0.1) is 5.41 Å². The van der Waals surface area contributed by atoms with Crippen LogP contribution in [0.15, 0.2) is 36.7 Å². The summed E-state index contributed by atoms with van der Waals surface area (Å²) in [7, 11) is 1.95. The lowest BCUT2D eigenvalue weighted by Crippen LogP contribution is -2.58. The smallest absolute Gasteiger partial charge is 0.230 e. The van der Waals surface area contributed by atoms with E-state index in [9.17, 15) is 4.79 Å². The molecule has 0 spiro atoms. The molecule has 1 aromatic carbocycles. The van der Waals surface area contributed by atoms with Gasteiger partial charge >= 0.3 is 0 Å². The van der Waals surface area contributed by atoms with Crippen LogP contribution in [0.2, 0.25) is 0 Å². The van der Waals surface area contributed by atoms with Crippen molar-refractivity contribution in [2.24, 2.45) is 29.2 Å². The number of anilines is 1. The fourth-order valence-corrected chi connectivity index (χ4v) is 7.28. The zero-order valence-electron chi connectivity index (χ0n) is 17.7. The number of aromatic nitrogens is 2. The van der Waals surface area contributed by atoms with E-state index in [1.807, 2.05) is 42.1 Å². The highest BCUT2D eigenvalue weighted by molar-refractivity contribution is 5.95. The van der Waals surface area contributed by atoms with Crippen molar-refractivity contribution in [1.29, 1.82) is 0 Å². The van der Waals surface area contributed by atoms with Crippen molar-refractivity contribution >= 4 is 11.6 Å². The highest BCUT2D eigenvalue weighted by Gasteiger charge is 2.62. The van der Waals surface area contributed by atoms with Crippen molar-refractivity contribution in [3.63, 3.8) is 0 Å². The SMILES string of the molecule is Cn1ccnc1COc1ccc(NC(=O)C23CC4CC(C)(CC(C)(C4)C2)C3)cc1. The summed E-state index contributed by atoms with van der Waals surface area (Å²) in [5.74, 6) is 2.60. The van der Waals surface area contributed by atoms with Crippen molar-refractivity contribution in [1.82, 2.24) is 9.55 Å². The van der Waals surface area contributed by atoms with Crippen LogP contribution in [-0.2, 0) is 18.4 Å². The van der Waals surface area contributed by atoms with Gasteiger partial charge in [0.25, 0.3) is 0 Å².